The van der Waals surface area contributed by atoms with Crippen molar-refractivity contribution in [1.82, 2.24) is 9.55 Å². The van der Waals surface area contributed by atoms with Gasteiger partial charge in [0.25, 0.3) is 0 Å². The molecule has 3 heteroatoms. The summed E-state index contributed by atoms with van der Waals surface area (Å²) in [5.41, 5.74) is 3.78. The van der Waals surface area contributed by atoms with Crippen molar-refractivity contribution in [2.75, 3.05) is 0 Å². The summed E-state index contributed by atoms with van der Waals surface area (Å²) in [5, 5.41) is 0. The summed E-state index contributed by atoms with van der Waals surface area (Å²) in [7, 11) is 0. The van der Waals surface area contributed by atoms with E-state index in [2.05, 4.69) is 74.3 Å². The van der Waals surface area contributed by atoms with Gasteiger partial charge in [0, 0.05) is 12.4 Å². The van der Waals surface area contributed by atoms with E-state index in [-0.39, 0.29) is 17.7 Å². The van der Waals surface area contributed by atoms with Crippen LogP contribution in [0, 0.1) is 0 Å². The quantitative estimate of drug-likeness (QED) is 0.615. The molecule has 2 atom stereocenters. The van der Waals surface area contributed by atoms with E-state index in [1.807, 2.05) is 23.8 Å². The predicted molar refractivity (Wildman–Crippen MR) is 101 cm³/mol. The van der Waals surface area contributed by atoms with Crippen LogP contribution in [0.4, 0.5) is 0 Å². The van der Waals surface area contributed by atoms with Crippen molar-refractivity contribution in [3.63, 3.8) is 0 Å². The van der Waals surface area contributed by atoms with Gasteiger partial charge in [-0.25, -0.2) is 4.98 Å². The fraction of sp³-hybridized carbons (Fsp3) is 0.318. The maximum atomic E-state index is 6.42. The first-order valence-corrected chi connectivity index (χ1v) is 8.73. The van der Waals surface area contributed by atoms with E-state index in [0.717, 1.165) is 11.1 Å². The first kappa shape index (κ1) is 17.4. The Balaban J connectivity index is 1.91. The summed E-state index contributed by atoms with van der Waals surface area (Å²) in [6.45, 7) is 8.73. The van der Waals surface area contributed by atoms with Crippen LogP contribution in [0.15, 0.2) is 73.3 Å². The maximum absolute atomic E-state index is 6.42. The van der Waals surface area contributed by atoms with Crippen LogP contribution >= 0.6 is 0 Å². The molecule has 3 aromatic rings. The van der Waals surface area contributed by atoms with Gasteiger partial charge in [0.2, 0.25) is 0 Å². The van der Waals surface area contributed by atoms with E-state index < -0.39 is 0 Å². The SMILES string of the molecule is CC(OC(c1ccccc1)c1ccc(C(C)(C)C)cc1)n1ccnc1. The summed E-state index contributed by atoms with van der Waals surface area (Å²) in [6.07, 6.45) is 5.27. The molecule has 0 aliphatic carbocycles. The minimum absolute atomic E-state index is 0.102. The average Bonchev–Trinajstić information content (AvgIpc) is 3.14. The second-order valence-electron chi connectivity index (χ2n) is 7.41. The van der Waals surface area contributed by atoms with Crippen LogP contribution in [0.25, 0.3) is 0 Å². The highest BCUT2D eigenvalue weighted by atomic mass is 16.5. The lowest BCUT2D eigenvalue weighted by Crippen LogP contribution is -2.15. The lowest BCUT2D eigenvalue weighted by Gasteiger charge is -2.25. The third kappa shape index (κ3) is 4.18. The third-order valence-electron chi connectivity index (χ3n) is 4.46. The summed E-state index contributed by atoms with van der Waals surface area (Å²) in [4.78, 5) is 4.12. The number of rotatable bonds is 5. The summed E-state index contributed by atoms with van der Waals surface area (Å²) in [5.74, 6) is 0. The Hall–Kier alpha value is -2.39. The van der Waals surface area contributed by atoms with Crippen LogP contribution in [0.5, 0.6) is 0 Å². The van der Waals surface area contributed by atoms with Crippen LogP contribution in [0.2, 0.25) is 0 Å². The van der Waals surface area contributed by atoms with E-state index in [1.54, 1.807) is 12.5 Å². The van der Waals surface area contributed by atoms with E-state index in [4.69, 9.17) is 4.74 Å². The van der Waals surface area contributed by atoms with Crippen molar-refractivity contribution in [2.24, 2.45) is 0 Å². The number of benzene rings is 2. The summed E-state index contributed by atoms with van der Waals surface area (Å²) >= 11 is 0. The predicted octanol–water partition coefficient (Wildman–Crippen LogP) is 5.51. The second-order valence-corrected chi connectivity index (χ2v) is 7.41. The highest BCUT2D eigenvalue weighted by Crippen LogP contribution is 2.31. The summed E-state index contributed by atoms with van der Waals surface area (Å²) < 4.78 is 8.39. The second kappa shape index (κ2) is 7.24. The van der Waals surface area contributed by atoms with Crippen molar-refractivity contribution in [3.05, 3.63) is 90.0 Å². The van der Waals surface area contributed by atoms with Crippen LogP contribution in [0.3, 0.4) is 0 Å². The molecule has 0 bridgehead atoms. The van der Waals surface area contributed by atoms with Gasteiger partial charge in [0.15, 0.2) is 0 Å². The molecule has 130 valence electrons. The minimum atomic E-state index is -0.118. The van der Waals surface area contributed by atoms with Gasteiger partial charge >= 0.3 is 0 Å². The van der Waals surface area contributed by atoms with E-state index in [1.165, 1.54) is 5.56 Å². The molecule has 0 saturated heterocycles. The molecule has 0 spiro atoms. The number of ether oxygens (including phenoxy) is 1. The molecular weight excluding hydrogens is 308 g/mol. The molecule has 0 aliphatic heterocycles. The normalized spacial score (nSPS) is 14.2. The number of nitrogens with zero attached hydrogens (tertiary/aromatic N) is 2. The fourth-order valence-corrected chi connectivity index (χ4v) is 2.89. The van der Waals surface area contributed by atoms with Gasteiger partial charge in [-0.3, -0.25) is 0 Å². The van der Waals surface area contributed by atoms with Gasteiger partial charge in [0.05, 0.1) is 6.33 Å². The Bertz CT molecular complexity index is 771. The Kier molecular flexibility index (Phi) is 5.05. The third-order valence-corrected chi connectivity index (χ3v) is 4.46. The average molecular weight is 334 g/mol. The summed E-state index contributed by atoms with van der Waals surface area (Å²) in [6, 6.07) is 19.1. The molecule has 25 heavy (non-hydrogen) atoms. The van der Waals surface area contributed by atoms with Crippen LogP contribution < -0.4 is 0 Å². The topological polar surface area (TPSA) is 27.1 Å². The zero-order valence-corrected chi connectivity index (χ0v) is 15.4. The molecule has 2 aromatic carbocycles. The van der Waals surface area contributed by atoms with Crippen molar-refractivity contribution in [2.45, 2.75) is 45.4 Å². The Morgan fingerprint density at radius 1 is 0.920 bits per heavy atom. The number of aromatic nitrogens is 2. The molecule has 0 amide bonds. The zero-order chi connectivity index (χ0) is 17.9. The molecule has 1 heterocycles. The maximum Gasteiger partial charge on any atom is 0.133 e. The standard InChI is InChI=1S/C22H26N2O/c1-17(24-15-14-23-16-24)25-21(18-8-6-5-7-9-18)19-10-12-20(13-11-19)22(2,3)4/h5-17,21H,1-4H3. The number of hydrogen-bond acceptors (Lipinski definition) is 2. The lowest BCUT2D eigenvalue weighted by atomic mass is 9.86. The fourth-order valence-electron chi connectivity index (χ4n) is 2.89. The zero-order valence-electron chi connectivity index (χ0n) is 15.4. The van der Waals surface area contributed by atoms with Gasteiger partial charge in [-0.15, -0.1) is 0 Å². The molecular formula is C22H26N2O. The molecule has 0 radical (unpaired) electrons. The van der Waals surface area contributed by atoms with Gasteiger partial charge < -0.3 is 9.30 Å². The van der Waals surface area contributed by atoms with Gasteiger partial charge in [-0.05, 0) is 29.0 Å². The Labute approximate surface area is 150 Å². The first-order chi connectivity index (χ1) is 11.9. The molecule has 0 aliphatic rings. The van der Waals surface area contributed by atoms with Gasteiger partial charge in [-0.2, -0.15) is 0 Å². The minimum Gasteiger partial charge on any atom is -0.346 e. The van der Waals surface area contributed by atoms with E-state index in [0.29, 0.717) is 0 Å². The van der Waals surface area contributed by atoms with E-state index in [9.17, 15) is 0 Å². The Morgan fingerprint density at radius 2 is 1.56 bits per heavy atom. The first-order valence-electron chi connectivity index (χ1n) is 8.73. The van der Waals surface area contributed by atoms with Crippen molar-refractivity contribution in [1.29, 1.82) is 0 Å². The lowest BCUT2D eigenvalue weighted by molar-refractivity contribution is -0.0252. The molecule has 3 rings (SSSR count). The number of imidazole rings is 1. The molecule has 1 aromatic heterocycles. The van der Waals surface area contributed by atoms with Crippen molar-refractivity contribution in [3.8, 4) is 0 Å². The number of hydrogen-bond donors (Lipinski definition) is 0. The van der Waals surface area contributed by atoms with Crippen LogP contribution in [-0.4, -0.2) is 9.55 Å². The van der Waals surface area contributed by atoms with Crippen LogP contribution in [0.1, 0.15) is 56.7 Å². The Morgan fingerprint density at radius 3 is 2.12 bits per heavy atom. The van der Waals surface area contributed by atoms with Gasteiger partial charge in [0.1, 0.15) is 12.3 Å². The highest BCUT2D eigenvalue weighted by molar-refractivity contribution is 5.34. The highest BCUT2D eigenvalue weighted by Gasteiger charge is 2.20. The largest absolute Gasteiger partial charge is 0.346 e. The molecule has 0 N–H and O–H groups in total. The molecule has 3 nitrogen and oxygen atoms in total. The molecule has 2 unspecified atom stereocenters. The molecule has 0 saturated carbocycles. The monoisotopic (exact) mass is 334 g/mol. The smallest absolute Gasteiger partial charge is 0.133 e. The van der Waals surface area contributed by atoms with Crippen molar-refractivity contribution >= 4 is 0 Å². The van der Waals surface area contributed by atoms with Crippen LogP contribution in [-0.2, 0) is 10.2 Å². The molecule has 0 fully saturated rings. The van der Waals surface area contributed by atoms with Crippen molar-refractivity contribution < 1.29 is 4.74 Å². The van der Waals surface area contributed by atoms with E-state index >= 15 is 0 Å². The van der Waals surface area contributed by atoms with Gasteiger partial charge in [-0.1, -0.05) is 75.4 Å².